The number of aryl methyl sites for hydroxylation is 1. The Morgan fingerprint density at radius 1 is 0.792 bits per heavy atom. The Kier molecular flexibility index (Phi) is 4.62. The van der Waals surface area contributed by atoms with Gasteiger partial charge < -0.3 is 0 Å². The van der Waals surface area contributed by atoms with Crippen molar-refractivity contribution in [1.29, 1.82) is 0 Å². The molecule has 2 aromatic carbocycles. The Morgan fingerprint density at radius 2 is 1.29 bits per heavy atom. The number of benzene rings is 2. The third-order valence-corrected chi connectivity index (χ3v) is 7.92. The lowest BCUT2D eigenvalue weighted by molar-refractivity contribution is 0.431. The van der Waals surface area contributed by atoms with E-state index in [4.69, 9.17) is 0 Å². The molecule has 0 aliphatic carbocycles. The van der Waals surface area contributed by atoms with Gasteiger partial charge in [0.15, 0.2) is 0 Å². The van der Waals surface area contributed by atoms with Crippen molar-refractivity contribution < 1.29 is 25.9 Å². The topological polar surface area (TPSA) is 109 Å². The molecule has 130 valence electrons. The largest absolute Gasteiger partial charge is 0.291 e. The second-order valence-electron chi connectivity index (χ2n) is 5.69. The zero-order valence-electron chi connectivity index (χ0n) is 13.4. The maximum absolute atomic E-state index is 11.8. The van der Waals surface area contributed by atoms with Crippen molar-refractivity contribution in [2.24, 2.45) is 0 Å². The van der Waals surface area contributed by atoms with Crippen LogP contribution in [-0.2, 0) is 24.3 Å². The monoisotopic (exact) mass is 370 g/mol. The number of rotatable bonds is 4. The molecule has 0 aliphatic heterocycles. The molecule has 0 heterocycles. The maximum Gasteiger partial charge on any atom is 0.291 e. The van der Waals surface area contributed by atoms with Gasteiger partial charge in [0, 0.05) is 0 Å². The average Bonchev–Trinajstić information content (AvgIpc) is 2.45. The van der Waals surface area contributed by atoms with Crippen molar-refractivity contribution in [3.63, 3.8) is 0 Å². The fourth-order valence-corrected chi connectivity index (χ4v) is 4.77. The van der Waals surface area contributed by atoms with Crippen LogP contribution in [0.25, 0.3) is 11.1 Å². The van der Waals surface area contributed by atoms with Gasteiger partial charge in [0.05, 0.1) is 0 Å². The number of hydrogen-bond acceptors (Lipinski definition) is 4. The van der Waals surface area contributed by atoms with Gasteiger partial charge in [-0.3, -0.25) is 9.11 Å². The van der Waals surface area contributed by atoms with E-state index in [1.165, 1.54) is 12.1 Å². The summed E-state index contributed by atoms with van der Waals surface area (Å²) < 4.78 is 63.3. The van der Waals surface area contributed by atoms with Crippen LogP contribution in [0, 0.1) is 13.8 Å². The molecule has 0 unspecified atom stereocenters. The molecule has 0 aliphatic rings. The summed E-state index contributed by atoms with van der Waals surface area (Å²) in [4.78, 5) is 0. The molecule has 0 radical (unpaired) electrons. The molecule has 0 spiro atoms. The summed E-state index contributed by atoms with van der Waals surface area (Å²) in [6.07, 6.45) is 0. The van der Waals surface area contributed by atoms with Crippen LogP contribution in [0.3, 0.4) is 0 Å². The van der Waals surface area contributed by atoms with Gasteiger partial charge in [-0.05, 0) is 48.6 Å². The molecule has 0 fully saturated rings. The minimum Gasteiger partial charge on any atom is -0.284 e. The SMILES string of the molecule is Cc1ccccc1-c1cccc(C(C)(S(=O)(=O)O)S(=O)(=O)O)c1C. The van der Waals surface area contributed by atoms with Crippen molar-refractivity contribution in [2.45, 2.75) is 24.9 Å². The summed E-state index contributed by atoms with van der Waals surface area (Å²) in [6.45, 7) is 4.18. The molecule has 0 aromatic heterocycles. The van der Waals surface area contributed by atoms with Gasteiger partial charge in [0.1, 0.15) is 0 Å². The van der Waals surface area contributed by atoms with Gasteiger partial charge in [0.25, 0.3) is 20.2 Å². The molecular weight excluding hydrogens is 352 g/mol. The normalized spacial score (nSPS) is 13.0. The van der Waals surface area contributed by atoms with Crippen LogP contribution >= 0.6 is 0 Å². The lowest BCUT2D eigenvalue weighted by Crippen LogP contribution is -2.40. The summed E-state index contributed by atoms with van der Waals surface area (Å²) >= 11 is 0. The Hall–Kier alpha value is -1.74. The summed E-state index contributed by atoms with van der Waals surface area (Å²) in [5, 5.41) is 0. The van der Waals surface area contributed by atoms with E-state index in [0.29, 0.717) is 11.1 Å². The Labute approximate surface area is 141 Å². The zero-order valence-corrected chi connectivity index (χ0v) is 15.0. The maximum atomic E-state index is 11.8. The predicted octanol–water partition coefficient (Wildman–Crippen LogP) is 2.92. The highest BCUT2D eigenvalue weighted by Gasteiger charge is 2.52. The third-order valence-electron chi connectivity index (χ3n) is 4.24. The average molecular weight is 370 g/mol. The molecule has 0 amide bonds. The second kappa shape index (κ2) is 5.96. The van der Waals surface area contributed by atoms with E-state index in [1.54, 1.807) is 19.1 Å². The standard InChI is InChI=1S/C16H18O6S2/c1-11-7-4-5-8-13(11)14-9-6-10-15(12(14)2)16(3,23(17,18)19)24(20,21)22/h4-10H,1-3H3,(H,17,18,19)(H,20,21,22). The van der Waals surface area contributed by atoms with Crippen molar-refractivity contribution in [3.8, 4) is 11.1 Å². The van der Waals surface area contributed by atoms with Crippen LogP contribution in [0.15, 0.2) is 42.5 Å². The van der Waals surface area contributed by atoms with Gasteiger partial charge in [-0.15, -0.1) is 0 Å². The Morgan fingerprint density at radius 3 is 1.79 bits per heavy atom. The van der Waals surface area contributed by atoms with Gasteiger partial charge in [0.2, 0.25) is 4.08 Å². The molecule has 6 nitrogen and oxygen atoms in total. The summed E-state index contributed by atoms with van der Waals surface area (Å²) in [5.41, 5.74) is 2.46. The molecule has 0 saturated heterocycles. The van der Waals surface area contributed by atoms with Crippen LogP contribution in [0.2, 0.25) is 0 Å². The van der Waals surface area contributed by atoms with Crippen molar-refractivity contribution >= 4 is 20.2 Å². The first-order valence-electron chi connectivity index (χ1n) is 7.01. The molecule has 2 rings (SSSR count). The van der Waals surface area contributed by atoms with E-state index in [1.807, 2.05) is 25.1 Å². The second-order valence-corrected chi connectivity index (χ2v) is 9.48. The van der Waals surface area contributed by atoms with Crippen LogP contribution in [0.5, 0.6) is 0 Å². The van der Waals surface area contributed by atoms with Gasteiger partial charge in [-0.25, -0.2) is 0 Å². The van der Waals surface area contributed by atoms with E-state index >= 15 is 0 Å². The molecule has 0 atom stereocenters. The highest BCUT2D eigenvalue weighted by molar-refractivity contribution is 8.04. The highest BCUT2D eigenvalue weighted by atomic mass is 32.3. The molecule has 0 bridgehead atoms. The summed E-state index contributed by atoms with van der Waals surface area (Å²) in [5.74, 6) is 0. The third kappa shape index (κ3) is 2.86. The Bertz CT molecular complexity index is 959. The van der Waals surface area contributed by atoms with Crippen LogP contribution < -0.4 is 0 Å². The van der Waals surface area contributed by atoms with E-state index in [0.717, 1.165) is 18.1 Å². The van der Waals surface area contributed by atoms with Crippen LogP contribution in [-0.4, -0.2) is 25.9 Å². The molecule has 24 heavy (non-hydrogen) atoms. The quantitative estimate of drug-likeness (QED) is 0.801. The minimum absolute atomic E-state index is 0.201. The molecule has 0 saturated carbocycles. The fraction of sp³-hybridized carbons (Fsp3) is 0.250. The minimum atomic E-state index is -5.14. The first-order valence-corrected chi connectivity index (χ1v) is 9.89. The van der Waals surface area contributed by atoms with E-state index in [9.17, 15) is 25.9 Å². The first-order chi connectivity index (χ1) is 10.9. The fourth-order valence-electron chi connectivity index (χ4n) is 2.71. The van der Waals surface area contributed by atoms with Crippen molar-refractivity contribution in [3.05, 3.63) is 59.2 Å². The molecule has 8 heteroatoms. The number of hydrogen-bond donors (Lipinski definition) is 2. The van der Waals surface area contributed by atoms with E-state index in [-0.39, 0.29) is 5.56 Å². The Balaban J connectivity index is 2.88. The predicted molar refractivity (Wildman–Crippen MR) is 91.8 cm³/mol. The van der Waals surface area contributed by atoms with Gasteiger partial charge >= 0.3 is 0 Å². The zero-order chi connectivity index (χ0) is 18.3. The van der Waals surface area contributed by atoms with Crippen LogP contribution in [0.4, 0.5) is 0 Å². The highest BCUT2D eigenvalue weighted by Crippen LogP contribution is 2.40. The van der Waals surface area contributed by atoms with Crippen LogP contribution in [0.1, 0.15) is 23.6 Å². The van der Waals surface area contributed by atoms with E-state index in [2.05, 4.69) is 0 Å². The lowest BCUT2D eigenvalue weighted by atomic mass is 9.92. The summed E-state index contributed by atoms with van der Waals surface area (Å²) in [7, 11) is -10.3. The first kappa shape index (κ1) is 18.6. The van der Waals surface area contributed by atoms with Crippen molar-refractivity contribution in [2.75, 3.05) is 0 Å². The summed E-state index contributed by atoms with van der Waals surface area (Å²) in [6, 6.07) is 11.8. The molecule has 2 aromatic rings. The van der Waals surface area contributed by atoms with Crippen molar-refractivity contribution in [1.82, 2.24) is 0 Å². The molecule has 2 N–H and O–H groups in total. The van der Waals surface area contributed by atoms with Gasteiger partial charge in [-0.2, -0.15) is 16.8 Å². The lowest BCUT2D eigenvalue weighted by Gasteiger charge is -2.26. The molecular formula is C16H18O6S2. The smallest absolute Gasteiger partial charge is 0.284 e. The van der Waals surface area contributed by atoms with E-state index < -0.39 is 24.3 Å². The van der Waals surface area contributed by atoms with Gasteiger partial charge in [-0.1, -0.05) is 42.5 Å².